The first kappa shape index (κ1) is 26.0. The maximum Gasteiger partial charge on any atom is 0.341 e. The van der Waals surface area contributed by atoms with Crippen LogP contribution in [0.15, 0.2) is 53.7 Å². The Morgan fingerprint density at radius 2 is 1.94 bits per heavy atom. The molecular formula is C25H27ClN4O5S. The van der Waals surface area contributed by atoms with E-state index >= 15 is 0 Å². The van der Waals surface area contributed by atoms with E-state index in [4.69, 9.17) is 35.5 Å². The SMILES string of the molecule is CCOC(=O)c1cnn(-c2nc3cc(SCc4ccc(OC)cc4)c(Cl)cc3n2COCCOC)c1. The lowest BCUT2D eigenvalue weighted by Gasteiger charge is -2.10. The van der Waals surface area contributed by atoms with E-state index in [0.29, 0.717) is 29.7 Å². The van der Waals surface area contributed by atoms with E-state index in [-0.39, 0.29) is 13.3 Å². The fraction of sp³-hybridized carbons (Fsp3) is 0.320. The second kappa shape index (κ2) is 12.3. The summed E-state index contributed by atoms with van der Waals surface area (Å²) in [6.07, 6.45) is 3.04. The minimum atomic E-state index is -0.442. The summed E-state index contributed by atoms with van der Waals surface area (Å²) in [7, 11) is 3.27. The van der Waals surface area contributed by atoms with E-state index < -0.39 is 5.97 Å². The lowest BCUT2D eigenvalue weighted by molar-refractivity contribution is 0.0356. The van der Waals surface area contributed by atoms with Crippen LogP contribution in [0.1, 0.15) is 22.8 Å². The summed E-state index contributed by atoms with van der Waals surface area (Å²) < 4.78 is 24.6. The minimum Gasteiger partial charge on any atom is -0.497 e. The fourth-order valence-corrected chi connectivity index (χ4v) is 4.69. The number of benzene rings is 2. The number of aromatic nitrogens is 4. The molecule has 2 aromatic carbocycles. The molecule has 0 N–H and O–H groups in total. The van der Waals surface area contributed by atoms with Crippen molar-refractivity contribution in [3.05, 3.63) is 64.9 Å². The molecule has 0 aliphatic rings. The average Bonchev–Trinajstić information content (AvgIpc) is 3.51. The first-order valence-electron chi connectivity index (χ1n) is 11.3. The smallest absolute Gasteiger partial charge is 0.341 e. The molecule has 4 aromatic rings. The van der Waals surface area contributed by atoms with Gasteiger partial charge in [-0.2, -0.15) is 5.10 Å². The summed E-state index contributed by atoms with van der Waals surface area (Å²) in [5, 5.41) is 4.94. The Morgan fingerprint density at radius 1 is 1.14 bits per heavy atom. The number of esters is 1. The van der Waals surface area contributed by atoms with Gasteiger partial charge in [0.1, 0.15) is 12.5 Å². The number of rotatable bonds is 12. The molecule has 36 heavy (non-hydrogen) atoms. The number of carbonyl (C=O) groups is 1. The van der Waals surface area contributed by atoms with E-state index in [1.54, 1.807) is 39.1 Å². The zero-order chi connectivity index (χ0) is 25.5. The number of hydrogen-bond donors (Lipinski definition) is 0. The van der Waals surface area contributed by atoms with Gasteiger partial charge in [-0.05, 0) is 36.8 Å². The third-order valence-corrected chi connectivity index (χ3v) is 6.84. The Balaban J connectivity index is 1.64. The van der Waals surface area contributed by atoms with Crippen LogP contribution in [-0.2, 0) is 26.7 Å². The molecule has 0 spiro atoms. The van der Waals surface area contributed by atoms with Crippen molar-refractivity contribution in [3.8, 4) is 11.7 Å². The van der Waals surface area contributed by atoms with Gasteiger partial charge >= 0.3 is 5.97 Å². The van der Waals surface area contributed by atoms with Gasteiger partial charge in [-0.1, -0.05) is 23.7 Å². The average molecular weight is 531 g/mol. The number of methoxy groups -OCH3 is 2. The zero-order valence-corrected chi connectivity index (χ0v) is 21.8. The van der Waals surface area contributed by atoms with Crippen LogP contribution in [0.5, 0.6) is 5.75 Å². The van der Waals surface area contributed by atoms with E-state index in [2.05, 4.69) is 5.10 Å². The van der Waals surface area contributed by atoms with Crippen molar-refractivity contribution in [2.75, 3.05) is 34.0 Å². The maximum atomic E-state index is 12.1. The molecular weight excluding hydrogens is 504 g/mol. The number of halogens is 1. The van der Waals surface area contributed by atoms with Gasteiger partial charge in [0.15, 0.2) is 0 Å². The third-order valence-electron chi connectivity index (χ3n) is 5.29. The normalized spacial score (nSPS) is 11.2. The molecule has 0 fully saturated rings. The fourth-order valence-electron chi connectivity index (χ4n) is 3.46. The van der Waals surface area contributed by atoms with Crippen LogP contribution in [0.2, 0.25) is 5.02 Å². The van der Waals surface area contributed by atoms with Crippen molar-refractivity contribution in [2.45, 2.75) is 24.3 Å². The van der Waals surface area contributed by atoms with Crippen molar-refractivity contribution in [3.63, 3.8) is 0 Å². The molecule has 11 heteroatoms. The van der Waals surface area contributed by atoms with Crippen molar-refractivity contribution in [1.29, 1.82) is 0 Å². The summed E-state index contributed by atoms with van der Waals surface area (Å²) in [5.74, 6) is 1.61. The number of ether oxygens (including phenoxy) is 4. The number of nitrogens with zero attached hydrogens (tertiary/aromatic N) is 4. The molecule has 0 bridgehead atoms. The maximum absolute atomic E-state index is 12.1. The largest absolute Gasteiger partial charge is 0.497 e. The molecule has 0 unspecified atom stereocenters. The molecule has 190 valence electrons. The highest BCUT2D eigenvalue weighted by atomic mass is 35.5. The predicted octanol–water partition coefficient (Wildman–Crippen LogP) is 4.97. The molecule has 0 saturated carbocycles. The Morgan fingerprint density at radius 3 is 2.67 bits per heavy atom. The predicted molar refractivity (Wildman–Crippen MR) is 138 cm³/mol. The zero-order valence-electron chi connectivity index (χ0n) is 20.3. The number of fused-ring (bicyclic) bond motifs is 1. The Kier molecular flexibility index (Phi) is 8.87. The second-order valence-electron chi connectivity index (χ2n) is 7.67. The lowest BCUT2D eigenvalue weighted by Crippen LogP contribution is -2.12. The highest BCUT2D eigenvalue weighted by Crippen LogP contribution is 2.34. The molecule has 0 saturated heterocycles. The molecule has 0 atom stereocenters. The van der Waals surface area contributed by atoms with E-state index in [1.165, 1.54) is 10.9 Å². The monoisotopic (exact) mass is 530 g/mol. The van der Waals surface area contributed by atoms with Crippen LogP contribution in [0.25, 0.3) is 17.0 Å². The van der Waals surface area contributed by atoms with Gasteiger partial charge in [0.05, 0.1) is 54.7 Å². The van der Waals surface area contributed by atoms with Crippen LogP contribution in [-0.4, -0.2) is 59.3 Å². The number of carbonyl (C=O) groups excluding carboxylic acids is 1. The molecule has 2 heterocycles. The van der Waals surface area contributed by atoms with Gasteiger partial charge in [0.2, 0.25) is 5.95 Å². The molecule has 0 radical (unpaired) electrons. The topological polar surface area (TPSA) is 89.6 Å². The first-order chi connectivity index (χ1) is 17.5. The van der Waals surface area contributed by atoms with Crippen molar-refractivity contribution in [1.82, 2.24) is 19.3 Å². The Labute approximate surface area is 218 Å². The van der Waals surface area contributed by atoms with Crippen molar-refractivity contribution in [2.24, 2.45) is 0 Å². The summed E-state index contributed by atoms with van der Waals surface area (Å²) in [5.41, 5.74) is 3.01. The van der Waals surface area contributed by atoms with Gasteiger partial charge < -0.3 is 18.9 Å². The highest BCUT2D eigenvalue weighted by Gasteiger charge is 2.18. The second-order valence-corrected chi connectivity index (χ2v) is 9.10. The van der Waals surface area contributed by atoms with Crippen LogP contribution >= 0.6 is 23.4 Å². The van der Waals surface area contributed by atoms with Gasteiger partial charge in [-0.15, -0.1) is 11.8 Å². The van der Waals surface area contributed by atoms with Gasteiger partial charge in [0.25, 0.3) is 0 Å². The molecule has 0 aliphatic carbocycles. The standard InChI is InChI=1S/C25H27ClN4O5S/c1-4-35-24(31)18-13-27-30(14-18)25-28-21-12-23(36-15-17-5-7-19(33-3)8-6-17)20(26)11-22(21)29(25)16-34-10-9-32-2/h5-8,11-14H,4,9-10,15-16H2,1-3H3. The van der Waals surface area contributed by atoms with Crippen LogP contribution in [0.3, 0.4) is 0 Å². The molecule has 0 amide bonds. The van der Waals surface area contributed by atoms with E-state index in [0.717, 1.165) is 33.0 Å². The van der Waals surface area contributed by atoms with Crippen LogP contribution in [0.4, 0.5) is 0 Å². The minimum absolute atomic E-state index is 0.207. The summed E-state index contributed by atoms with van der Waals surface area (Å²) in [4.78, 5) is 17.8. The quantitative estimate of drug-likeness (QED) is 0.144. The number of imidazole rings is 1. The van der Waals surface area contributed by atoms with Crippen LogP contribution < -0.4 is 4.74 Å². The molecule has 0 aliphatic heterocycles. The number of thioether (sulfide) groups is 1. The molecule has 2 aromatic heterocycles. The van der Waals surface area contributed by atoms with Gasteiger partial charge in [-0.25, -0.2) is 14.5 Å². The molecule has 9 nitrogen and oxygen atoms in total. The Hall–Kier alpha value is -3.05. The van der Waals surface area contributed by atoms with Crippen LogP contribution in [0, 0.1) is 0 Å². The molecule has 4 rings (SSSR count). The number of hydrogen-bond acceptors (Lipinski definition) is 8. The third kappa shape index (κ3) is 6.01. The summed E-state index contributed by atoms with van der Waals surface area (Å²) in [6, 6.07) is 11.8. The summed E-state index contributed by atoms with van der Waals surface area (Å²) >= 11 is 8.31. The van der Waals surface area contributed by atoms with Gasteiger partial charge in [0, 0.05) is 24.0 Å². The van der Waals surface area contributed by atoms with Gasteiger partial charge in [-0.3, -0.25) is 4.57 Å². The Bertz CT molecular complexity index is 1320. The summed E-state index contributed by atoms with van der Waals surface area (Å²) in [6.45, 7) is 3.12. The van der Waals surface area contributed by atoms with Crippen molar-refractivity contribution < 1.29 is 23.7 Å². The first-order valence-corrected chi connectivity index (χ1v) is 12.6. The van der Waals surface area contributed by atoms with E-state index in [9.17, 15) is 4.79 Å². The lowest BCUT2D eigenvalue weighted by atomic mass is 10.2. The van der Waals surface area contributed by atoms with E-state index in [1.807, 2.05) is 41.0 Å². The highest BCUT2D eigenvalue weighted by molar-refractivity contribution is 7.98. The van der Waals surface area contributed by atoms with Crippen molar-refractivity contribution >= 4 is 40.4 Å².